The SMILES string of the molecule is CN1CCC(NCC(=O)Nc2ccc(-c3ccc(OCCCN4CCN(C)CC4)cc3)s2)CC1. The zero-order chi connectivity index (χ0) is 23.8. The van der Waals surface area contributed by atoms with Crippen molar-refractivity contribution >= 4 is 22.2 Å². The Kier molecular flexibility index (Phi) is 9.35. The number of benzene rings is 1. The monoisotopic (exact) mass is 485 g/mol. The molecule has 1 aromatic heterocycles. The van der Waals surface area contributed by atoms with Crippen LogP contribution in [0.5, 0.6) is 5.75 Å². The van der Waals surface area contributed by atoms with Gasteiger partial charge in [-0.15, -0.1) is 11.3 Å². The summed E-state index contributed by atoms with van der Waals surface area (Å²) in [5.41, 5.74) is 1.14. The lowest BCUT2D eigenvalue weighted by Gasteiger charge is -2.32. The van der Waals surface area contributed by atoms with Gasteiger partial charge in [0, 0.05) is 43.6 Å². The third-order valence-corrected chi connectivity index (χ3v) is 7.81. The average molecular weight is 486 g/mol. The summed E-state index contributed by atoms with van der Waals surface area (Å²) in [4.78, 5) is 20.7. The van der Waals surface area contributed by atoms with Gasteiger partial charge in [0.05, 0.1) is 18.2 Å². The lowest BCUT2D eigenvalue weighted by atomic mass is 10.1. The van der Waals surface area contributed by atoms with Crippen LogP contribution in [0.1, 0.15) is 19.3 Å². The maximum absolute atomic E-state index is 12.4. The topological polar surface area (TPSA) is 60.1 Å². The molecule has 34 heavy (non-hydrogen) atoms. The Bertz CT molecular complexity index is 887. The van der Waals surface area contributed by atoms with E-state index in [1.165, 1.54) is 0 Å². The summed E-state index contributed by atoms with van der Waals surface area (Å²) in [6.45, 7) is 9.02. The first kappa shape index (κ1) is 25.1. The van der Waals surface area contributed by atoms with Crippen LogP contribution < -0.4 is 15.4 Å². The Balaban J connectivity index is 1.16. The number of thiophene rings is 1. The largest absolute Gasteiger partial charge is 0.494 e. The lowest BCUT2D eigenvalue weighted by Crippen LogP contribution is -2.44. The minimum absolute atomic E-state index is 0.0210. The molecule has 2 fully saturated rings. The number of piperidine rings is 1. The van der Waals surface area contributed by atoms with Gasteiger partial charge < -0.3 is 30.1 Å². The van der Waals surface area contributed by atoms with Crippen molar-refractivity contribution in [3.63, 3.8) is 0 Å². The minimum atomic E-state index is 0.0210. The van der Waals surface area contributed by atoms with Gasteiger partial charge in [0.15, 0.2) is 0 Å². The van der Waals surface area contributed by atoms with Crippen molar-refractivity contribution in [3.05, 3.63) is 36.4 Å². The van der Waals surface area contributed by atoms with Crippen LogP contribution in [0.25, 0.3) is 10.4 Å². The Morgan fingerprint density at radius 2 is 1.68 bits per heavy atom. The summed E-state index contributed by atoms with van der Waals surface area (Å²) >= 11 is 1.60. The minimum Gasteiger partial charge on any atom is -0.494 e. The van der Waals surface area contributed by atoms with Crippen molar-refractivity contribution in [1.82, 2.24) is 20.0 Å². The van der Waals surface area contributed by atoms with Crippen molar-refractivity contribution < 1.29 is 9.53 Å². The Morgan fingerprint density at radius 1 is 0.971 bits per heavy atom. The standard InChI is InChI=1S/C26H39N5O2S/c1-29-13-10-22(11-14-29)27-20-25(32)28-26-9-8-24(34-26)21-4-6-23(7-5-21)33-19-3-12-31-17-15-30(2)16-18-31/h4-9,22,27H,3,10-20H2,1-2H3,(H,28,32). The maximum Gasteiger partial charge on any atom is 0.238 e. The van der Waals surface area contributed by atoms with Crippen molar-refractivity contribution in [3.8, 4) is 16.2 Å². The summed E-state index contributed by atoms with van der Waals surface area (Å²) in [6.07, 6.45) is 3.25. The third kappa shape index (κ3) is 7.78. The number of likely N-dealkylation sites (N-methyl/N-ethyl adjacent to an activating group) is 1. The molecule has 0 spiro atoms. The predicted molar refractivity (Wildman–Crippen MR) is 141 cm³/mol. The molecule has 0 radical (unpaired) electrons. The van der Waals surface area contributed by atoms with Gasteiger partial charge in [0.2, 0.25) is 5.91 Å². The van der Waals surface area contributed by atoms with Gasteiger partial charge in [0.1, 0.15) is 5.75 Å². The number of carbonyl (C=O) groups is 1. The van der Waals surface area contributed by atoms with Gasteiger partial charge in [-0.05, 0) is 88.4 Å². The molecular formula is C26H39N5O2S. The van der Waals surface area contributed by atoms with Crippen molar-refractivity contribution in [2.75, 3.05) is 78.4 Å². The first-order valence-corrected chi connectivity index (χ1v) is 13.3. The molecule has 0 aliphatic carbocycles. The number of nitrogens with zero attached hydrogens (tertiary/aromatic N) is 3. The molecule has 2 saturated heterocycles. The van der Waals surface area contributed by atoms with E-state index in [9.17, 15) is 4.79 Å². The number of carbonyl (C=O) groups excluding carboxylic acids is 1. The lowest BCUT2D eigenvalue weighted by molar-refractivity contribution is -0.115. The molecule has 2 aliphatic heterocycles. The number of likely N-dealkylation sites (tertiary alicyclic amines) is 1. The number of hydrogen-bond donors (Lipinski definition) is 2. The summed E-state index contributed by atoms with van der Waals surface area (Å²) in [7, 11) is 4.33. The van der Waals surface area contributed by atoms with Gasteiger partial charge in [-0.1, -0.05) is 0 Å². The molecule has 0 atom stereocenters. The number of anilines is 1. The number of nitrogens with one attached hydrogen (secondary N) is 2. The number of rotatable bonds is 10. The van der Waals surface area contributed by atoms with Crippen LogP contribution in [0, 0.1) is 0 Å². The van der Waals surface area contributed by atoms with Crippen LogP contribution in [0.3, 0.4) is 0 Å². The smallest absolute Gasteiger partial charge is 0.238 e. The molecule has 2 aromatic rings. The fourth-order valence-corrected chi connectivity index (χ4v) is 5.38. The van der Waals surface area contributed by atoms with Crippen LogP contribution in [-0.2, 0) is 4.79 Å². The number of ether oxygens (including phenoxy) is 1. The fraction of sp³-hybridized carbons (Fsp3) is 0.577. The number of hydrogen-bond acceptors (Lipinski definition) is 7. The van der Waals surface area contributed by atoms with Gasteiger partial charge in [-0.25, -0.2) is 0 Å². The molecule has 3 heterocycles. The van der Waals surface area contributed by atoms with E-state index in [1.807, 2.05) is 18.2 Å². The Hall–Kier alpha value is -1.97. The zero-order valence-electron chi connectivity index (χ0n) is 20.6. The van der Waals surface area contributed by atoms with Crippen LogP contribution in [-0.4, -0.2) is 99.7 Å². The second-order valence-electron chi connectivity index (χ2n) is 9.54. The highest BCUT2D eigenvalue weighted by Gasteiger charge is 2.17. The molecule has 1 aromatic carbocycles. The molecule has 7 nitrogen and oxygen atoms in total. The van der Waals surface area contributed by atoms with Crippen molar-refractivity contribution in [2.24, 2.45) is 0 Å². The first-order chi connectivity index (χ1) is 16.5. The molecule has 1 amide bonds. The molecule has 186 valence electrons. The summed E-state index contributed by atoms with van der Waals surface area (Å²) in [5.74, 6) is 0.930. The highest BCUT2D eigenvalue weighted by atomic mass is 32.1. The fourth-order valence-electron chi connectivity index (χ4n) is 4.46. The molecule has 0 unspecified atom stereocenters. The highest BCUT2D eigenvalue weighted by molar-refractivity contribution is 7.19. The number of piperazine rings is 1. The van der Waals surface area contributed by atoms with Crippen LogP contribution >= 0.6 is 11.3 Å². The van der Waals surface area contributed by atoms with Gasteiger partial charge in [-0.2, -0.15) is 0 Å². The van der Waals surface area contributed by atoms with E-state index >= 15 is 0 Å². The molecule has 4 rings (SSSR count). The zero-order valence-corrected chi connectivity index (χ0v) is 21.4. The van der Waals surface area contributed by atoms with Gasteiger partial charge >= 0.3 is 0 Å². The molecule has 0 saturated carbocycles. The van der Waals surface area contributed by atoms with Crippen LogP contribution in [0.15, 0.2) is 36.4 Å². The van der Waals surface area contributed by atoms with Crippen molar-refractivity contribution in [2.45, 2.75) is 25.3 Å². The Labute approximate surface area is 208 Å². The molecule has 2 N–H and O–H groups in total. The normalized spacial score (nSPS) is 18.8. The van der Waals surface area contributed by atoms with Gasteiger partial charge in [0.25, 0.3) is 0 Å². The molecule has 8 heteroatoms. The quantitative estimate of drug-likeness (QED) is 0.505. The van der Waals surface area contributed by atoms with E-state index < -0.39 is 0 Å². The van der Waals surface area contributed by atoms with E-state index in [0.29, 0.717) is 12.6 Å². The second-order valence-corrected chi connectivity index (χ2v) is 10.6. The van der Waals surface area contributed by atoms with Crippen molar-refractivity contribution in [1.29, 1.82) is 0 Å². The summed E-state index contributed by atoms with van der Waals surface area (Å²) in [5, 5.41) is 7.31. The van der Waals surface area contributed by atoms with E-state index in [2.05, 4.69) is 57.6 Å². The first-order valence-electron chi connectivity index (χ1n) is 12.5. The molecular weight excluding hydrogens is 446 g/mol. The third-order valence-electron chi connectivity index (χ3n) is 6.76. The Morgan fingerprint density at radius 3 is 2.41 bits per heavy atom. The predicted octanol–water partition coefficient (Wildman–Crippen LogP) is 3.05. The summed E-state index contributed by atoms with van der Waals surface area (Å²) < 4.78 is 5.95. The second kappa shape index (κ2) is 12.7. The van der Waals surface area contributed by atoms with E-state index in [-0.39, 0.29) is 5.91 Å². The van der Waals surface area contributed by atoms with E-state index in [4.69, 9.17) is 4.74 Å². The van der Waals surface area contributed by atoms with Crippen LogP contribution in [0.2, 0.25) is 0 Å². The van der Waals surface area contributed by atoms with Crippen LogP contribution in [0.4, 0.5) is 5.00 Å². The number of amides is 1. The average Bonchev–Trinajstić information content (AvgIpc) is 3.31. The van der Waals surface area contributed by atoms with E-state index in [1.54, 1.807) is 11.3 Å². The maximum atomic E-state index is 12.4. The van der Waals surface area contributed by atoms with Gasteiger partial charge in [-0.3, -0.25) is 4.79 Å². The van der Waals surface area contributed by atoms with E-state index in [0.717, 1.165) is 92.9 Å². The highest BCUT2D eigenvalue weighted by Crippen LogP contribution is 2.32. The molecule has 2 aliphatic rings. The summed E-state index contributed by atoms with van der Waals surface area (Å²) in [6, 6.07) is 12.7. The molecule has 0 bridgehead atoms.